The van der Waals surface area contributed by atoms with Crippen LogP contribution in [0.2, 0.25) is 0 Å². The Morgan fingerprint density at radius 1 is 1.35 bits per heavy atom. The predicted molar refractivity (Wildman–Crippen MR) is 91.9 cm³/mol. The molecule has 0 bridgehead atoms. The fourth-order valence-electron chi connectivity index (χ4n) is 2.60. The lowest BCUT2D eigenvalue weighted by molar-refractivity contribution is -0.384. The Kier molecular flexibility index (Phi) is 5.59. The maximum Gasteiger partial charge on any atom is 0.269 e. The monoisotopic (exact) mass is 402 g/mol. The van der Waals surface area contributed by atoms with Crippen molar-refractivity contribution in [2.45, 2.75) is 37.6 Å². The standard InChI is InChI=1S/C15H19BrN2O4S/c1-11(2)9-14-10-12(16)7-8-17(14)23(21,22)15-5-3-13(4-6-15)18(19)20/h3-6,10-11,14H,7-9H2,1-2H3/t14-/m1/s1. The fraction of sp³-hybridized carbons (Fsp3) is 0.467. The van der Waals surface area contributed by atoms with Gasteiger partial charge in [0.25, 0.3) is 5.69 Å². The Morgan fingerprint density at radius 3 is 2.48 bits per heavy atom. The van der Waals surface area contributed by atoms with Gasteiger partial charge >= 0.3 is 0 Å². The minimum Gasteiger partial charge on any atom is -0.258 e. The molecule has 1 atom stereocenters. The Bertz CT molecular complexity index is 713. The first-order valence-electron chi connectivity index (χ1n) is 7.34. The highest BCUT2D eigenvalue weighted by atomic mass is 79.9. The molecular formula is C15H19BrN2O4S. The minimum atomic E-state index is -3.68. The van der Waals surface area contributed by atoms with E-state index in [1.807, 2.05) is 19.9 Å². The van der Waals surface area contributed by atoms with Crippen LogP contribution in [-0.4, -0.2) is 30.2 Å². The van der Waals surface area contributed by atoms with Crippen LogP contribution >= 0.6 is 15.9 Å². The van der Waals surface area contributed by atoms with E-state index in [-0.39, 0.29) is 16.6 Å². The van der Waals surface area contributed by atoms with Gasteiger partial charge < -0.3 is 0 Å². The number of nitro groups is 1. The van der Waals surface area contributed by atoms with Gasteiger partial charge in [-0.1, -0.05) is 35.9 Å². The molecule has 0 aliphatic carbocycles. The second-order valence-electron chi connectivity index (χ2n) is 5.93. The molecule has 0 saturated heterocycles. The van der Waals surface area contributed by atoms with E-state index in [2.05, 4.69) is 15.9 Å². The summed E-state index contributed by atoms with van der Waals surface area (Å²) in [5.41, 5.74) is -0.121. The van der Waals surface area contributed by atoms with Gasteiger partial charge in [0.15, 0.2) is 0 Å². The van der Waals surface area contributed by atoms with Crippen molar-refractivity contribution in [1.82, 2.24) is 4.31 Å². The maximum atomic E-state index is 12.9. The molecule has 23 heavy (non-hydrogen) atoms. The summed E-state index contributed by atoms with van der Waals surface area (Å²) in [4.78, 5) is 10.2. The molecule has 1 aliphatic heterocycles. The third-order valence-electron chi connectivity index (χ3n) is 3.68. The number of benzene rings is 1. The van der Waals surface area contributed by atoms with Gasteiger partial charge in [-0.25, -0.2) is 8.42 Å². The third-order valence-corrected chi connectivity index (χ3v) is 6.28. The number of nitro benzene ring substituents is 1. The number of non-ortho nitro benzene ring substituents is 1. The molecule has 1 heterocycles. The molecule has 8 heteroatoms. The van der Waals surface area contributed by atoms with Crippen LogP contribution in [0.3, 0.4) is 0 Å². The quantitative estimate of drug-likeness (QED) is 0.555. The van der Waals surface area contributed by atoms with Gasteiger partial charge in [-0.15, -0.1) is 0 Å². The van der Waals surface area contributed by atoms with Crippen molar-refractivity contribution in [2.75, 3.05) is 6.54 Å². The van der Waals surface area contributed by atoms with Crippen LogP contribution in [0, 0.1) is 16.0 Å². The molecule has 0 saturated carbocycles. The molecule has 2 rings (SSSR count). The van der Waals surface area contributed by atoms with E-state index in [4.69, 9.17) is 0 Å². The highest BCUT2D eigenvalue weighted by Crippen LogP contribution is 2.30. The average molecular weight is 403 g/mol. The summed E-state index contributed by atoms with van der Waals surface area (Å²) < 4.78 is 28.3. The van der Waals surface area contributed by atoms with E-state index >= 15 is 0 Å². The zero-order chi connectivity index (χ0) is 17.2. The normalized spacial score (nSPS) is 19.7. The van der Waals surface area contributed by atoms with Crippen molar-refractivity contribution in [3.63, 3.8) is 0 Å². The molecule has 126 valence electrons. The second-order valence-corrected chi connectivity index (χ2v) is 8.84. The third kappa shape index (κ3) is 4.19. The molecule has 1 aromatic rings. The van der Waals surface area contributed by atoms with Crippen LogP contribution in [-0.2, 0) is 10.0 Å². The average Bonchev–Trinajstić information content (AvgIpc) is 2.46. The van der Waals surface area contributed by atoms with Gasteiger partial charge in [0.1, 0.15) is 0 Å². The number of rotatable bonds is 5. The zero-order valence-electron chi connectivity index (χ0n) is 13.0. The lowest BCUT2D eigenvalue weighted by Crippen LogP contribution is -2.42. The van der Waals surface area contributed by atoms with Gasteiger partial charge in [-0.3, -0.25) is 10.1 Å². The second kappa shape index (κ2) is 7.11. The summed E-state index contributed by atoms with van der Waals surface area (Å²) in [5, 5.41) is 10.7. The minimum absolute atomic E-state index is 0.0864. The number of sulfonamides is 1. The first-order valence-corrected chi connectivity index (χ1v) is 9.57. The summed E-state index contributed by atoms with van der Waals surface area (Å²) in [6, 6.07) is 4.83. The zero-order valence-corrected chi connectivity index (χ0v) is 15.4. The number of hydrogen-bond acceptors (Lipinski definition) is 4. The van der Waals surface area contributed by atoms with E-state index in [1.54, 1.807) is 0 Å². The molecule has 6 nitrogen and oxygen atoms in total. The lowest BCUT2D eigenvalue weighted by atomic mass is 10.0. The predicted octanol–water partition coefficient (Wildman–Crippen LogP) is 3.68. The van der Waals surface area contributed by atoms with E-state index in [9.17, 15) is 18.5 Å². The van der Waals surface area contributed by atoms with Gasteiger partial charge in [0.2, 0.25) is 10.0 Å². The van der Waals surface area contributed by atoms with Gasteiger partial charge in [0.05, 0.1) is 9.82 Å². The van der Waals surface area contributed by atoms with E-state index in [0.29, 0.717) is 18.9 Å². The highest BCUT2D eigenvalue weighted by molar-refractivity contribution is 9.11. The Balaban J connectivity index is 2.34. The van der Waals surface area contributed by atoms with Crippen LogP contribution in [0.4, 0.5) is 5.69 Å². The van der Waals surface area contributed by atoms with E-state index < -0.39 is 14.9 Å². The number of hydrogen-bond donors (Lipinski definition) is 0. The molecule has 0 unspecified atom stereocenters. The first kappa shape index (κ1) is 18.1. The Hall–Kier alpha value is -1.25. The Morgan fingerprint density at radius 2 is 1.96 bits per heavy atom. The van der Waals surface area contributed by atoms with Gasteiger partial charge in [-0.2, -0.15) is 4.31 Å². The summed E-state index contributed by atoms with van der Waals surface area (Å²) in [5.74, 6) is 0.351. The molecule has 0 amide bonds. The molecule has 1 aromatic carbocycles. The van der Waals surface area contributed by atoms with Crippen LogP contribution in [0.5, 0.6) is 0 Å². The van der Waals surface area contributed by atoms with Gasteiger partial charge in [0, 0.05) is 24.7 Å². The lowest BCUT2D eigenvalue weighted by Gasteiger charge is -2.33. The van der Waals surface area contributed by atoms with Crippen molar-refractivity contribution in [2.24, 2.45) is 5.92 Å². The SMILES string of the molecule is CC(C)C[C@@H]1C=C(Br)CCN1S(=O)(=O)c1ccc([N+](=O)[O-])cc1. The molecule has 0 spiro atoms. The summed E-state index contributed by atoms with van der Waals surface area (Å²) >= 11 is 3.46. The molecular weight excluding hydrogens is 384 g/mol. The fourth-order valence-corrected chi connectivity index (χ4v) is 4.67. The van der Waals surface area contributed by atoms with Crippen LogP contribution in [0.25, 0.3) is 0 Å². The topological polar surface area (TPSA) is 80.5 Å². The highest BCUT2D eigenvalue weighted by Gasteiger charge is 2.33. The number of nitrogens with zero attached hydrogens (tertiary/aromatic N) is 2. The van der Waals surface area contributed by atoms with E-state index in [1.165, 1.54) is 28.6 Å². The summed E-state index contributed by atoms with van der Waals surface area (Å²) in [6.07, 6.45) is 3.29. The van der Waals surface area contributed by atoms with Crippen LogP contribution < -0.4 is 0 Å². The van der Waals surface area contributed by atoms with Crippen molar-refractivity contribution >= 4 is 31.6 Å². The van der Waals surface area contributed by atoms with E-state index in [0.717, 1.165) is 10.9 Å². The largest absolute Gasteiger partial charge is 0.269 e. The van der Waals surface area contributed by atoms with Crippen molar-refractivity contribution in [3.8, 4) is 0 Å². The molecule has 0 fully saturated rings. The summed E-state index contributed by atoms with van der Waals surface area (Å²) in [7, 11) is -3.68. The number of halogens is 1. The van der Waals surface area contributed by atoms with Crippen molar-refractivity contribution < 1.29 is 13.3 Å². The Labute approximate surface area is 144 Å². The molecule has 0 radical (unpaired) electrons. The molecule has 0 N–H and O–H groups in total. The van der Waals surface area contributed by atoms with Gasteiger partial charge in [-0.05, 0) is 35.4 Å². The van der Waals surface area contributed by atoms with Crippen molar-refractivity contribution in [1.29, 1.82) is 0 Å². The van der Waals surface area contributed by atoms with Crippen LogP contribution in [0.1, 0.15) is 26.7 Å². The van der Waals surface area contributed by atoms with Crippen LogP contribution in [0.15, 0.2) is 39.7 Å². The smallest absolute Gasteiger partial charge is 0.258 e. The molecule has 1 aliphatic rings. The summed E-state index contributed by atoms with van der Waals surface area (Å²) in [6.45, 7) is 4.49. The first-order chi connectivity index (χ1) is 10.7. The maximum absolute atomic E-state index is 12.9. The van der Waals surface area contributed by atoms with Crippen molar-refractivity contribution in [3.05, 3.63) is 44.9 Å². The molecule has 0 aromatic heterocycles.